The van der Waals surface area contributed by atoms with Gasteiger partial charge in [0.25, 0.3) is 0 Å². The molecule has 0 atom stereocenters. The van der Waals surface area contributed by atoms with Crippen molar-refractivity contribution >= 4 is 38.7 Å². The lowest BCUT2D eigenvalue weighted by molar-refractivity contribution is 0.589. The molecule has 0 aliphatic carbocycles. The molecule has 3 rings (SSSR count). The van der Waals surface area contributed by atoms with E-state index in [9.17, 15) is 0 Å². The van der Waals surface area contributed by atoms with Gasteiger partial charge in [-0.15, -0.1) is 0 Å². The van der Waals surface area contributed by atoms with E-state index in [0.29, 0.717) is 0 Å². The van der Waals surface area contributed by atoms with Crippen molar-refractivity contribution in [2.75, 3.05) is 6.26 Å². The Labute approximate surface area is 125 Å². The van der Waals surface area contributed by atoms with Gasteiger partial charge >= 0.3 is 0 Å². The molecule has 0 radical (unpaired) electrons. The van der Waals surface area contributed by atoms with Gasteiger partial charge < -0.3 is 4.42 Å². The maximum atomic E-state index is 5.80. The van der Waals surface area contributed by atoms with Crippen LogP contribution < -0.4 is 0 Å². The van der Waals surface area contributed by atoms with Crippen molar-refractivity contribution in [2.24, 2.45) is 0 Å². The third-order valence-corrected chi connectivity index (χ3v) is 4.26. The topological polar surface area (TPSA) is 13.1 Å². The molecule has 19 heavy (non-hydrogen) atoms. The predicted octanol–water partition coefficient (Wildman–Crippen LogP) is 5.73. The van der Waals surface area contributed by atoms with E-state index in [2.05, 4.69) is 52.5 Å². The van der Waals surface area contributed by atoms with Gasteiger partial charge in [-0.2, -0.15) is 11.8 Å². The minimum atomic E-state index is 0.801. The van der Waals surface area contributed by atoms with Crippen molar-refractivity contribution in [3.8, 4) is 11.1 Å². The molecule has 2 aromatic carbocycles. The van der Waals surface area contributed by atoms with Crippen molar-refractivity contribution in [3.05, 3.63) is 58.8 Å². The van der Waals surface area contributed by atoms with E-state index < -0.39 is 0 Å². The van der Waals surface area contributed by atoms with E-state index in [4.69, 9.17) is 4.42 Å². The summed E-state index contributed by atoms with van der Waals surface area (Å²) in [5.41, 5.74) is 4.56. The maximum absolute atomic E-state index is 5.80. The molecule has 0 fully saturated rings. The summed E-state index contributed by atoms with van der Waals surface area (Å²) < 4.78 is 6.60. The zero-order valence-electron chi connectivity index (χ0n) is 10.5. The lowest BCUT2D eigenvalue weighted by atomic mass is 10.0. The molecule has 96 valence electrons. The van der Waals surface area contributed by atoms with Crippen LogP contribution in [0, 0.1) is 0 Å². The average molecular weight is 333 g/mol. The van der Waals surface area contributed by atoms with Gasteiger partial charge in [0.15, 0.2) is 4.67 Å². The number of furan rings is 1. The Balaban J connectivity index is 2.22. The fourth-order valence-corrected chi connectivity index (χ4v) is 3.37. The first kappa shape index (κ1) is 12.8. The summed E-state index contributed by atoms with van der Waals surface area (Å²) in [4.78, 5) is 0. The van der Waals surface area contributed by atoms with Crippen LogP contribution in [-0.2, 0) is 5.75 Å². The first-order valence-electron chi connectivity index (χ1n) is 6.05. The third kappa shape index (κ3) is 2.45. The summed E-state index contributed by atoms with van der Waals surface area (Å²) in [7, 11) is 0. The van der Waals surface area contributed by atoms with Crippen LogP contribution in [0.25, 0.3) is 22.1 Å². The predicted molar refractivity (Wildman–Crippen MR) is 86.6 cm³/mol. The van der Waals surface area contributed by atoms with Crippen LogP contribution in [-0.4, -0.2) is 6.26 Å². The molecule has 1 nitrogen and oxygen atoms in total. The Morgan fingerprint density at radius 1 is 1.11 bits per heavy atom. The van der Waals surface area contributed by atoms with Crippen LogP contribution in [0.4, 0.5) is 0 Å². The van der Waals surface area contributed by atoms with Gasteiger partial charge in [-0.3, -0.25) is 0 Å². The van der Waals surface area contributed by atoms with E-state index in [1.165, 1.54) is 16.5 Å². The van der Waals surface area contributed by atoms with Crippen LogP contribution in [0.5, 0.6) is 0 Å². The summed E-state index contributed by atoms with van der Waals surface area (Å²) in [6, 6.07) is 16.7. The van der Waals surface area contributed by atoms with Gasteiger partial charge in [-0.25, -0.2) is 0 Å². The highest BCUT2D eigenvalue weighted by atomic mass is 79.9. The molecule has 0 aliphatic rings. The minimum Gasteiger partial charge on any atom is -0.449 e. The fourth-order valence-electron chi connectivity index (χ4n) is 2.25. The van der Waals surface area contributed by atoms with Crippen LogP contribution in [0.2, 0.25) is 0 Å². The summed E-state index contributed by atoms with van der Waals surface area (Å²) in [5, 5.41) is 1.17. The molecule has 3 aromatic rings. The smallest absolute Gasteiger partial charge is 0.178 e. The quantitative estimate of drug-likeness (QED) is 0.608. The van der Waals surface area contributed by atoms with Crippen molar-refractivity contribution in [3.63, 3.8) is 0 Å². The Bertz CT molecular complexity index is 703. The SMILES string of the molecule is CSCc1ccc2oc(Br)c(-c3ccccc3)c2c1. The summed E-state index contributed by atoms with van der Waals surface area (Å²) >= 11 is 5.37. The van der Waals surface area contributed by atoms with Crippen molar-refractivity contribution in [2.45, 2.75) is 5.75 Å². The van der Waals surface area contributed by atoms with Crippen LogP contribution in [0.1, 0.15) is 5.56 Å². The molecule has 0 bridgehead atoms. The lowest BCUT2D eigenvalue weighted by Crippen LogP contribution is -1.80. The average Bonchev–Trinajstić information content (AvgIpc) is 2.75. The minimum absolute atomic E-state index is 0.801. The molecule has 0 saturated heterocycles. The highest BCUT2D eigenvalue weighted by molar-refractivity contribution is 9.10. The van der Waals surface area contributed by atoms with Gasteiger partial charge in [0, 0.05) is 16.7 Å². The molecule has 0 amide bonds. The highest BCUT2D eigenvalue weighted by Gasteiger charge is 2.14. The Morgan fingerprint density at radius 2 is 1.89 bits per heavy atom. The summed E-state index contributed by atoms with van der Waals surface area (Å²) in [6.45, 7) is 0. The van der Waals surface area contributed by atoms with E-state index in [0.717, 1.165) is 21.6 Å². The zero-order valence-corrected chi connectivity index (χ0v) is 12.9. The molecular weight excluding hydrogens is 320 g/mol. The molecule has 0 spiro atoms. The van der Waals surface area contributed by atoms with Crippen molar-refractivity contribution < 1.29 is 4.42 Å². The number of thioether (sulfide) groups is 1. The van der Waals surface area contributed by atoms with Gasteiger partial charge in [0.2, 0.25) is 0 Å². The van der Waals surface area contributed by atoms with Gasteiger partial charge in [-0.05, 0) is 45.4 Å². The number of fused-ring (bicyclic) bond motifs is 1. The number of hydrogen-bond donors (Lipinski definition) is 0. The normalized spacial score (nSPS) is 11.1. The molecule has 1 aromatic heterocycles. The molecule has 0 aliphatic heterocycles. The van der Waals surface area contributed by atoms with Gasteiger partial charge in [0.05, 0.1) is 0 Å². The first-order valence-corrected chi connectivity index (χ1v) is 8.23. The van der Waals surface area contributed by atoms with E-state index in [1.54, 1.807) is 0 Å². The fraction of sp³-hybridized carbons (Fsp3) is 0.125. The zero-order chi connectivity index (χ0) is 13.2. The summed E-state index contributed by atoms with van der Waals surface area (Å²) in [5.74, 6) is 1.02. The van der Waals surface area contributed by atoms with Crippen molar-refractivity contribution in [1.29, 1.82) is 0 Å². The van der Waals surface area contributed by atoms with Gasteiger partial charge in [-0.1, -0.05) is 36.4 Å². The van der Waals surface area contributed by atoms with Crippen LogP contribution >= 0.6 is 27.7 Å². The highest BCUT2D eigenvalue weighted by Crippen LogP contribution is 2.38. The van der Waals surface area contributed by atoms with Crippen LogP contribution in [0.15, 0.2) is 57.6 Å². The number of rotatable bonds is 3. The Morgan fingerprint density at radius 3 is 2.63 bits per heavy atom. The largest absolute Gasteiger partial charge is 0.449 e. The Kier molecular flexibility index (Phi) is 3.67. The maximum Gasteiger partial charge on any atom is 0.178 e. The monoisotopic (exact) mass is 332 g/mol. The number of hydrogen-bond acceptors (Lipinski definition) is 2. The van der Waals surface area contributed by atoms with E-state index in [1.807, 2.05) is 30.0 Å². The Hall–Kier alpha value is -1.19. The molecular formula is C16H13BrOS. The second kappa shape index (κ2) is 5.43. The second-order valence-corrected chi connectivity index (χ2v) is 5.97. The first-order chi connectivity index (χ1) is 9.29. The van der Waals surface area contributed by atoms with Crippen LogP contribution in [0.3, 0.4) is 0 Å². The standard InChI is InChI=1S/C16H13BrOS/c1-19-10-11-7-8-14-13(9-11)15(16(17)18-14)12-5-3-2-4-6-12/h2-9H,10H2,1H3. The van der Waals surface area contributed by atoms with Crippen molar-refractivity contribution in [1.82, 2.24) is 0 Å². The van der Waals surface area contributed by atoms with Gasteiger partial charge in [0.1, 0.15) is 5.58 Å². The van der Waals surface area contributed by atoms with E-state index in [-0.39, 0.29) is 0 Å². The molecule has 0 N–H and O–H groups in total. The molecule has 3 heteroatoms. The van der Waals surface area contributed by atoms with E-state index >= 15 is 0 Å². The molecule has 0 unspecified atom stereocenters. The number of benzene rings is 2. The number of halogens is 1. The molecule has 0 saturated carbocycles. The second-order valence-electron chi connectivity index (χ2n) is 4.38. The molecule has 1 heterocycles. The third-order valence-electron chi connectivity index (χ3n) is 3.08. The lowest BCUT2D eigenvalue weighted by Gasteiger charge is -2.01. The summed E-state index contributed by atoms with van der Waals surface area (Å²) in [6.07, 6.45) is 2.12.